The van der Waals surface area contributed by atoms with E-state index < -0.39 is 16.6 Å². The first kappa shape index (κ1) is 18.1. The molecule has 0 aliphatic heterocycles. The quantitative estimate of drug-likeness (QED) is 0.772. The Kier molecular flexibility index (Phi) is 6.49. The molecule has 1 unspecified atom stereocenters. The van der Waals surface area contributed by atoms with E-state index in [1.807, 2.05) is 6.07 Å². The van der Waals surface area contributed by atoms with Crippen molar-refractivity contribution >= 4 is 16.7 Å². The largest absolute Gasteiger partial charge is 0.489 e. The van der Waals surface area contributed by atoms with E-state index in [9.17, 15) is 13.4 Å². The number of hydrogen-bond acceptors (Lipinski definition) is 3. The molecule has 24 heavy (non-hydrogen) atoms. The van der Waals surface area contributed by atoms with Gasteiger partial charge in [-0.3, -0.25) is 9.00 Å². The molecule has 0 spiro atoms. The highest BCUT2D eigenvalue weighted by molar-refractivity contribution is 7.83. The molecule has 0 N–H and O–H groups in total. The fraction of sp³-hybridized carbons (Fsp3) is 0.278. The fourth-order valence-corrected chi connectivity index (χ4v) is 2.85. The van der Waals surface area contributed by atoms with Gasteiger partial charge in [0.05, 0.1) is 6.54 Å². The second kappa shape index (κ2) is 8.59. The number of para-hydroxylation sites is 1. The van der Waals surface area contributed by atoms with Crippen LogP contribution in [0, 0.1) is 5.82 Å². The lowest BCUT2D eigenvalue weighted by Gasteiger charge is -2.18. The minimum Gasteiger partial charge on any atom is -0.489 e. The van der Waals surface area contributed by atoms with Gasteiger partial charge in [-0.15, -0.1) is 0 Å². The van der Waals surface area contributed by atoms with Gasteiger partial charge in [0.25, 0.3) is 5.91 Å². The summed E-state index contributed by atoms with van der Waals surface area (Å²) in [5, 5.41) is 0. The van der Waals surface area contributed by atoms with Crippen LogP contribution in [0.2, 0.25) is 0 Å². The molecule has 1 amide bonds. The molecular formula is C18H20FNO3S. The van der Waals surface area contributed by atoms with Gasteiger partial charge in [-0.25, -0.2) is 4.39 Å². The molecule has 0 saturated heterocycles. The number of likely N-dealkylation sites (N-methyl/N-ethyl adjacent to an activating group) is 1. The Morgan fingerprint density at radius 1 is 1.21 bits per heavy atom. The monoisotopic (exact) mass is 349 g/mol. The number of amides is 1. The van der Waals surface area contributed by atoms with Crippen LogP contribution in [-0.4, -0.2) is 41.5 Å². The van der Waals surface area contributed by atoms with Crippen molar-refractivity contribution in [3.8, 4) is 5.75 Å². The zero-order valence-corrected chi connectivity index (χ0v) is 14.5. The maximum atomic E-state index is 13.5. The molecule has 2 aromatic rings. The molecule has 2 aromatic carbocycles. The molecule has 0 aromatic heterocycles. The van der Waals surface area contributed by atoms with E-state index in [1.54, 1.807) is 49.7 Å². The Hall–Kier alpha value is -2.21. The van der Waals surface area contributed by atoms with Crippen molar-refractivity contribution in [3.05, 3.63) is 65.5 Å². The Morgan fingerprint density at radius 3 is 2.67 bits per heavy atom. The van der Waals surface area contributed by atoms with E-state index >= 15 is 0 Å². The van der Waals surface area contributed by atoms with Crippen LogP contribution in [0.1, 0.15) is 15.9 Å². The van der Waals surface area contributed by atoms with Gasteiger partial charge in [0, 0.05) is 35.4 Å². The average Bonchev–Trinajstić information content (AvgIpc) is 2.55. The predicted molar refractivity (Wildman–Crippen MR) is 93.1 cm³/mol. The van der Waals surface area contributed by atoms with Gasteiger partial charge >= 0.3 is 0 Å². The molecule has 0 bridgehead atoms. The molecule has 0 aliphatic carbocycles. The molecule has 2 rings (SSSR count). The smallest absolute Gasteiger partial charge is 0.253 e. The van der Waals surface area contributed by atoms with Gasteiger partial charge in [-0.2, -0.15) is 0 Å². The molecule has 128 valence electrons. The van der Waals surface area contributed by atoms with Crippen LogP contribution in [0.25, 0.3) is 0 Å². The van der Waals surface area contributed by atoms with Crippen molar-refractivity contribution in [2.24, 2.45) is 0 Å². The number of ether oxygens (including phenoxy) is 1. The van der Waals surface area contributed by atoms with Gasteiger partial charge < -0.3 is 9.64 Å². The van der Waals surface area contributed by atoms with Gasteiger partial charge in [-0.1, -0.05) is 24.3 Å². The molecule has 0 heterocycles. The number of rotatable bonds is 7. The highest BCUT2D eigenvalue weighted by Gasteiger charge is 2.13. The van der Waals surface area contributed by atoms with E-state index in [-0.39, 0.29) is 18.3 Å². The summed E-state index contributed by atoms with van der Waals surface area (Å²) >= 11 is 0. The predicted octanol–water partition coefficient (Wildman–Crippen LogP) is 2.86. The van der Waals surface area contributed by atoms with E-state index in [1.165, 1.54) is 11.0 Å². The second-order valence-corrected chi connectivity index (χ2v) is 6.86. The van der Waals surface area contributed by atoms with Gasteiger partial charge in [-0.05, 0) is 29.8 Å². The SMILES string of the molecule is CN(CCOc1ccccc1F)C(=O)c1cccc(CS(C)=O)c1. The number of carbonyl (C=O) groups is 1. The summed E-state index contributed by atoms with van der Waals surface area (Å²) in [5.41, 5.74) is 1.39. The minimum atomic E-state index is -0.957. The van der Waals surface area contributed by atoms with Gasteiger partial charge in [0.1, 0.15) is 6.61 Å². The van der Waals surface area contributed by atoms with Gasteiger partial charge in [0.2, 0.25) is 0 Å². The molecule has 0 radical (unpaired) electrons. The number of benzene rings is 2. The Balaban J connectivity index is 1.92. The highest BCUT2D eigenvalue weighted by Crippen LogP contribution is 2.15. The van der Waals surface area contributed by atoms with Crippen molar-refractivity contribution in [2.45, 2.75) is 5.75 Å². The van der Waals surface area contributed by atoms with Crippen molar-refractivity contribution in [1.29, 1.82) is 0 Å². The number of carbonyl (C=O) groups excluding carboxylic acids is 1. The Morgan fingerprint density at radius 2 is 1.96 bits per heavy atom. The normalized spacial score (nSPS) is 11.8. The molecule has 0 aliphatic rings. The Bertz CT molecular complexity index is 736. The van der Waals surface area contributed by atoms with Crippen LogP contribution >= 0.6 is 0 Å². The zero-order chi connectivity index (χ0) is 17.5. The maximum Gasteiger partial charge on any atom is 0.253 e. The van der Waals surface area contributed by atoms with Crippen LogP contribution in [0.4, 0.5) is 4.39 Å². The summed E-state index contributed by atoms with van der Waals surface area (Å²) in [6.45, 7) is 0.527. The van der Waals surface area contributed by atoms with Crippen LogP contribution < -0.4 is 4.74 Å². The second-order valence-electron chi connectivity index (χ2n) is 5.42. The summed E-state index contributed by atoms with van der Waals surface area (Å²) in [4.78, 5) is 13.9. The lowest BCUT2D eigenvalue weighted by atomic mass is 10.1. The third-order valence-corrected chi connectivity index (χ3v) is 4.15. The lowest BCUT2D eigenvalue weighted by Crippen LogP contribution is -2.31. The lowest BCUT2D eigenvalue weighted by molar-refractivity contribution is 0.0773. The molecule has 0 saturated carbocycles. The van der Waals surface area contributed by atoms with Crippen LogP contribution in [-0.2, 0) is 16.6 Å². The minimum absolute atomic E-state index is 0.157. The fourth-order valence-electron chi connectivity index (χ4n) is 2.21. The highest BCUT2D eigenvalue weighted by atomic mass is 32.2. The van der Waals surface area contributed by atoms with Crippen LogP contribution in [0.15, 0.2) is 48.5 Å². The Labute approximate surface area is 143 Å². The van der Waals surface area contributed by atoms with Crippen LogP contribution in [0.3, 0.4) is 0 Å². The topological polar surface area (TPSA) is 46.6 Å². The zero-order valence-electron chi connectivity index (χ0n) is 13.7. The average molecular weight is 349 g/mol. The number of halogens is 1. The summed E-state index contributed by atoms with van der Waals surface area (Å²) in [5.74, 6) is 0.00899. The maximum absolute atomic E-state index is 13.5. The van der Waals surface area contributed by atoms with E-state index in [2.05, 4.69) is 0 Å². The molecule has 6 heteroatoms. The van der Waals surface area contributed by atoms with Crippen molar-refractivity contribution in [2.75, 3.05) is 26.5 Å². The summed E-state index contributed by atoms with van der Waals surface area (Å²) < 4.78 is 30.1. The number of nitrogens with zero attached hydrogens (tertiary/aromatic N) is 1. The van der Waals surface area contributed by atoms with Crippen molar-refractivity contribution < 1.29 is 18.1 Å². The first-order valence-corrected chi connectivity index (χ1v) is 9.22. The standard InChI is InChI=1S/C18H20FNO3S/c1-20(10-11-23-17-9-4-3-8-16(17)19)18(21)15-7-5-6-14(12-15)13-24(2)22/h3-9,12H,10-11,13H2,1-2H3. The van der Waals surface area contributed by atoms with E-state index in [0.717, 1.165) is 5.56 Å². The first-order chi connectivity index (χ1) is 11.5. The summed E-state index contributed by atoms with van der Waals surface area (Å²) in [7, 11) is 0.707. The third kappa shape index (κ3) is 5.16. The van der Waals surface area contributed by atoms with E-state index in [4.69, 9.17) is 4.74 Å². The molecular weight excluding hydrogens is 329 g/mol. The summed E-state index contributed by atoms with van der Waals surface area (Å²) in [6.07, 6.45) is 1.63. The van der Waals surface area contributed by atoms with Crippen molar-refractivity contribution in [3.63, 3.8) is 0 Å². The van der Waals surface area contributed by atoms with Gasteiger partial charge in [0.15, 0.2) is 11.6 Å². The number of hydrogen-bond donors (Lipinski definition) is 0. The molecule has 1 atom stereocenters. The molecule has 0 fully saturated rings. The van der Waals surface area contributed by atoms with E-state index in [0.29, 0.717) is 17.9 Å². The first-order valence-electron chi connectivity index (χ1n) is 7.49. The third-order valence-electron chi connectivity index (χ3n) is 3.41. The van der Waals surface area contributed by atoms with Crippen LogP contribution in [0.5, 0.6) is 5.75 Å². The van der Waals surface area contributed by atoms with Crippen molar-refractivity contribution in [1.82, 2.24) is 4.90 Å². The molecule has 4 nitrogen and oxygen atoms in total. The summed E-state index contributed by atoms with van der Waals surface area (Å²) in [6, 6.07) is 13.2.